The maximum absolute atomic E-state index is 12.8. The Morgan fingerprint density at radius 2 is 1.70 bits per heavy atom. The number of para-hydroxylation sites is 1. The summed E-state index contributed by atoms with van der Waals surface area (Å²) in [4.78, 5) is 26.8. The third-order valence-electron chi connectivity index (χ3n) is 6.54. The zero-order chi connectivity index (χ0) is 20.9. The molecule has 0 spiro atoms. The van der Waals surface area contributed by atoms with E-state index in [-0.39, 0.29) is 17.9 Å². The number of carbonyl (C=O) groups is 2. The molecule has 0 heterocycles. The number of anilines is 1. The minimum atomic E-state index is -0.0975. The highest BCUT2D eigenvalue weighted by molar-refractivity contribution is 6.04. The highest BCUT2D eigenvalue weighted by Gasteiger charge is 2.28. The molecule has 5 nitrogen and oxygen atoms in total. The summed E-state index contributed by atoms with van der Waals surface area (Å²) in [6, 6.07) is 16.5. The Labute approximate surface area is 178 Å². The number of amides is 2. The molecular weight excluding hydrogens is 374 g/mol. The molecule has 5 heteroatoms. The van der Waals surface area contributed by atoms with Crippen LogP contribution in [-0.4, -0.2) is 31.4 Å². The van der Waals surface area contributed by atoms with Gasteiger partial charge in [0.05, 0.1) is 18.3 Å². The van der Waals surface area contributed by atoms with E-state index >= 15 is 0 Å². The second-order valence-corrected chi connectivity index (χ2v) is 8.72. The molecule has 0 saturated heterocycles. The molecule has 2 aromatic rings. The van der Waals surface area contributed by atoms with Crippen LogP contribution in [0.1, 0.15) is 66.1 Å². The Hall–Kier alpha value is -2.66. The van der Waals surface area contributed by atoms with Gasteiger partial charge in [-0.1, -0.05) is 49.2 Å². The lowest BCUT2D eigenvalue weighted by Crippen LogP contribution is -3.10. The SMILES string of the molecule is C[NH+](CC(=O)Nc1ccccc1C(=O)NC1CCCC1)[C@@H]1CCCc2ccccc21. The first kappa shape index (κ1) is 20.6. The highest BCUT2D eigenvalue weighted by Crippen LogP contribution is 2.27. The Morgan fingerprint density at radius 3 is 2.53 bits per heavy atom. The van der Waals surface area contributed by atoms with Gasteiger partial charge in [-0.25, -0.2) is 0 Å². The van der Waals surface area contributed by atoms with Crippen LogP contribution in [0.3, 0.4) is 0 Å². The molecule has 2 atom stereocenters. The molecule has 3 N–H and O–H groups in total. The van der Waals surface area contributed by atoms with Crippen LogP contribution in [0.15, 0.2) is 48.5 Å². The second kappa shape index (κ2) is 9.43. The number of hydrogen-bond donors (Lipinski definition) is 3. The molecule has 4 rings (SSSR count). The predicted molar refractivity (Wildman–Crippen MR) is 119 cm³/mol. The summed E-state index contributed by atoms with van der Waals surface area (Å²) in [5.41, 5.74) is 3.90. The van der Waals surface area contributed by atoms with Crippen LogP contribution in [0.5, 0.6) is 0 Å². The van der Waals surface area contributed by atoms with E-state index in [1.807, 2.05) is 18.2 Å². The highest BCUT2D eigenvalue weighted by atomic mass is 16.2. The van der Waals surface area contributed by atoms with E-state index in [1.165, 1.54) is 28.9 Å². The van der Waals surface area contributed by atoms with Gasteiger partial charge in [-0.2, -0.15) is 0 Å². The number of carbonyl (C=O) groups excluding carboxylic acids is 2. The van der Waals surface area contributed by atoms with E-state index in [0.29, 0.717) is 23.8 Å². The number of nitrogens with one attached hydrogen (secondary N) is 3. The van der Waals surface area contributed by atoms with Gasteiger partial charge in [0.25, 0.3) is 11.8 Å². The number of benzene rings is 2. The normalized spacial score (nSPS) is 19.7. The summed E-state index contributed by atoms with van der Waals surface area (Å²) < 4.78 is 0. The van der Waals surface area contributed by atoms with Gasteiger partial charge in [-0.3, -0.25) is 9.59 Å². The zero-order valence-electron chi connectivity index (χ0n) is 17.7. The smallest absolute Gasteiger partial charge is 0.279 e. The van der Waals surface area contributed by atoms with E-state index in [2.05, 4.69) is 41.9 Å². The summed E-state index contributed by atoms with van der Waals surface area (Å²) in [5, 5.41) is 6.11. The van der Waals surface area contributed by atoms with E-state index in [9.17, 15) is 9.59 Å². The summed E-state index contributed by atoms with van der Waals surface area (Å²) >= 11 is 0. The summed E-state index contributed by atoms with van der Waals surface area (Å²) in [6.07, 6.45) is 7.79. The van der Waals surface area contributed by atoms with Crippen molar-refractivity contribution in [1.29, 1.82) is 0 Å². The number of hydrogen-bond acceptors (Lipinski definition) is 2. The molecule has 1 fully saturated rings. The number of likely N-dealkylation sites (N-methyl/N-ethyl adjacent to an activating group) is 1. The van der Waals surface area contributed by atoms with Crippen LogP contribution in [0, 0.1) is 0 Å². The first-order valence-electron chi connectivity index (χ1n) is 11.2. The largest absolute Gasteiger partial charge is 0.349 e. The van der Waals surface area contributed by atoms with E-state index < -0.39 is 0 Å². The van der Waals surface area contributed by atoms with Gasteiger partial charge < -0.3 is 15.5 Å². The fourth-order valence-corrected chi connectivity index (χ4v) is 4.96. The lowest BCUT2D eigenvalue weighted by Gasteiger charge is -2.30. The number of fused-ring (bicyclic) bond motifs is 1. The fraction of sp³-hybridized carbons (Fsp3) is 0.440. The van der Waals surface area contributed by atoms with Crippen LogP contribution in [-0.2, 0) is 11.2 Å². The van der Waals surface area contributed by atoms with E-state index in [4.69, 9.17) is 0 Å². The minimum absolute atomic E-state index is 0.0586. The summed E-state index contributed by atoms with van der Waals surface area (Å²) in [6.45, 7) is 0.373. The zero-order valence-corrected chi connectivity index (χ0v) is 17.7. The fourth-order valence-electron chi connectivity index (χ4n) is 4.96. The van der Waals surface area contributed by atoms with Crippen molar-refractivity contribution in [3.05, 3.63) is 65.2 Å². The third-order valence-corrected chi connectivity index (χ3v) is 6.54. The van der Waals surface area contributed by atoms with Crippen molar-refractivity contribution in [2.75, 3.05) is 18.9 Å². The van der Waals surface area contributed by atoms with Gasteiger partial charge in [-0.15, -0.1) is 0 Å². The van der Waals surface area contributed by atoms with Crippen molar-refractivity contribution >= 4 is 17.5 Å². The monoisotopic (exact) mass is 406 g/mol. The molecule has 2 amide bonds. The average molecular weight is 407 g/mol. The molecule has 0 aliphatic heterocycles. The second-order valence-electron chi connectivity index (χ2n) is 8.72. The van der Waals surface area contributed by atoms with Crippen molar-refractivity contribution in [1.82, 2.24) is 5.32 Å². The topological polar surface area (TPSA) is 62.6 Å². The maximum atomic E-state index is 12.8. The quantitative estimate of drug-likeness (QED) is 0.691. The number of rotatable bonds is 6. The molecule has 0 bridgehead atoms. The van der Waals surface area contributed by atoms with E-state index in [1.54, 1.807) is 6.07 Å². The first-order chi connectivity index (χ1) is 14.6. The molecular formula is C25H32N3O2+. The van der Waals surface area contributed by atoms with Gasteiger partial charge in [0, 0.05) is 18.0 Å². The third kappa shape index (κ3) is 4.73. The van der Waals surface area contributed by atoms with E-state index in [0.717, 1.165) is 32.1 Å². The molecule has 0 aromatic heterocycles. The maximum Gasteiger partial charge on any atom is 0.279 e. The average Bonchev–Trinajstić information content (AvgIpc) is 3.26. The summed E-state index contributed by atoms with van der Waals surface area (Å²) in [7, 11) is 2.09. The van der Waals surface area contributed by atoms with Crippen LogP contribution in [0.4, 0.5) is 5.69 Å². The standard InChI is InChI=1S/C25H31N3O2/c1-28(23-16-8-10-18-9-2-5-13-20(18)23)17-24(29)27-22-15-7-6-14-21(22)25(30)26-19-11-3-4-12-19/h2,5-7,9,13-15,19,23H,3-4,8,10-12,16-17H2,1H3,(H,26,30)(H,27,29)/p+1/t23-/m1/s1. The van der Waals surface area contributed by atoms with Crippen molar-refractivity contribution < 1.29 is 14.5 Å². The molecule has 158 valence electrons. The lowest BCUT2D eigenvalue weighted by molar-refractivity contribution is -0.905. The van der Waals surface area contributed by atoms with Crippen molar-refractivity contribution in [2.24, 2.45) is 0 Å². The van der Waals surface area contributed by atoms with Crippen LogP contribution >= 0.6 is 0 Å². The molecule has 2 aromatic carbocycles. The molecule has 1 saturated carbocycles. The molecule has 2 aliphatic rings. The first-order valence-corrected chi connectivity index (χ1v) is 11.2. The minimum Gasteiger partial charge on any atom is -0.349 e. The number of quaternary nitrogens is 1. The van der Waals surface area contributed by atoms with Crippen LogP contribution < -0.4 is 15.5 Å². The van der Waals surface area contributed by atoms with Gasteiger partial charge in [0.1, 0.15) is 6.04 Å². The van der Waals surface area contributed by atoms with Gasteiger partial charge in [0.2, 0.25) is 0 Å². The Kier molecular flexibility index (Phi) is 6.48. The number of aryl methyl sites for hydroxylation is 1. The van der Waals surface area contributed by atoms with Crippen molar-refractivity contribution in [2.45, 2.75) is 57.0 Å². The summed E-state index contributed by atoms with van der Waals surface area (Å²) in [5.74, 6) is -0.156. The van der Waals surface area contributed by atoms with Crippen molar-refractivity contribution in [3.63, 3.8) is 0 Å². The molecule has 1 unspecified atom stereocenters. The molecule has 30 heavy (non-hydrogen) atoms. The lowest BCUT2D eigenvalue weighted by atomic mass is 9.87. The Bertz CT molecular complexity index is 905. The molecule has 2 aliphatic carbocycles. The predicted octanol–water partition coefficient (Wildman–Crippen LogP) is 2.89. The molecule has 0 radical (unpaired) electrons. The van der Waals surface area contributed by atoms with Gasteiger partial charge >= 0.3 is 0 Å². The van der Waals surface area contributed by atoms with Crippen LogP contribution in [0.25, 0.3) is 0 Å². The van der Waals surface area contributed by atoms with Gasteiger partial charge in [0.15, 0.2) is 6.54 Å². The Morgan fingerprint density at radius 1 is 0.967 bits per heavy atom. The Balaban J connectivity index is 1.40. The van der Waals surface area contributed by atoms with Crippen molar-refractivity contribution in [3.8, 4) is 0 Å². The van der Waals surface area contributed by atoms with Crippen LogP contribution in [0.2, 0.25) is 0 Å². The van der Waals surface area contributed by atoms with Gasteiger partial charge in [-0.05, 0) is 43.4 Å².